The molecule has 0 bridgehead atoms. The first kappa shape index (κ1) is 12.7. The van der Waals surface area contributed by atoms with Crippen LogP contribution in [0.5, 0.6) is 0 Å². The lowest BCUT2D eigenvalue weighted by Crippen LogP contribution is -2.06. The fourth-order valence-corrected chi connectivity index (χ4v) is 1.87. The molecule has 0 amide bonds. The van der Waals surface area contributed by atoms with Crippen LogP contribution in [-0.4, -0.2) is 17.7 Å². The number of carbonyl (C=O) groups excluding carboxylic acids is 1. The Bertz CT molecular complexity index is 360. The summed E-state index contributed by atoms with van der Waals surface area (Å²) in [6, 6.07) is 3.94. The van der Waals surface area contributed by atoms with Crippen molar-refractivity contribution in [3.05, 3.63) is 34.4 Å². The van der Waals surface area contributed by atoms with Gasteiger partial charge in [-0.15, -0.1) is 0 Å². The van der Waals surface area contributed by atoms with E-state index in [1.54, 1.807) is 0 Å². The first-order valence-electron chi connectivity index (χ1n) is 5.37. The Kier molecular flexibility index (Phi) is 4.50. The molecule has 88 valence electrons. The van der Waals surface area contributed by atoms with Gasteiger partial charge in [0.15, 0.2) is 0 Å². The maximum absolute atomic E-state index is 10.6. The lowest BCUT2D eigenvalue weighted by Gasteiger charge is -2.11. The highest BCUT2D eigenvalue weighted by atomic mass is 16.5. The molecule has 3 heteroatoms. The fourth-order valence-electron chi connectivity index (χ4n) is 1.87. The van der Waals surface area contributed by atoms with Crippen LogP contribution in [0.25, 0.3) is 0 Å². The molecule has 0 aliphatic carbocycles. The third kappa shape index (κ3) is 3.35. The quantitative estimate of drug-likeness (QED) is 0.791. The minimum Gasteiger partial charge on any atom is -0.466 e. The van der Waals surface area contributed by atoms with Gasteiger partial charge in [0.05, 0.1) is 13.2 Å². The summed E-state index contributed by atoms with van der Waals surface area (Å²) in [4.78, 5) is 10.6. The number of carbonyl (C=O) groups is 1. The van der Waals surface area contributed by atoms with Crippen LogP contribution in [0.4, 0.5) is 0 Å². The van der Waals surface area contributed by atoms with Crippen LogP contribution in [0.15, 0.2) is 12.1 Å². The largest absolute Gasteiger partial charge is 0.466 e. The molecule has 0 atom stereocenters. The summed E-state index contributed by atoms with van der Waals surface area (Å²) in [7, 11) is 0. The zero-order valence-electron chi connectivity index (χ0n) is 10.0. The van der Waals surface area contributed by atoms with Crippen LogP contribution in [0.1, 0.15) is 29.2 Å². The number of benzene rings is 1. The zero-order valence-corrected chi connectivity index (χ0v) is 10.0. The second-order valence-electron chi connectivity index (χ2n) is 3.96. The first-order valence-corrected chi connectivity index (χ1v) is 5.37. The van der Waals surface area contributed by atoms with E-state index in [0.717, 1.165) is 23.1 Å². The van der Waals surface area contributed by atoms with Gasteiger partial charge < -0.3 is 9.84 Å². The van der Waals surface area contributed by atoms with Gasteiger partial charge in [0, 0.05) is 13.3 Å². The topological polar surface area (TPSA) is 46.5 Å². The standard InChI is InChI=1S/C13H18O3/c1-9-6-12(8-14)7-10(2)13(9)4-5-16-11(3)15/h6-7,14H,4-5,8H2,1-3H3. The Morgan fingerprint density at radius 2 is 1.88 bits per heavy atom. The highest BCUT2D eigenvalue weighted by molar-refractivity contribution is 5.65. The second-order valence-corrected chi connectivity index (χ2v) is 3.96. The Hall–Kier alpha value is -1.35. The minimum absolute atomic E-state index is 0.0614. The SMILES string of the molecule is CC(=O)OCCc1c(C)cc(CO)cc1C. The van der Waals surface area contributed by atoms with Crippen molar-refractivity contribution < 1.29 is 14.6 Å². The number of aliphatic hydroxyl groups excluding tert-OH is 1. The van der Waals surface area contributed by atoms with Crippen LogP contribution < -0.4 is 0 Å². The fraction of sp³-hybridized carbons (Fsp3) is 0.462. The van der Waals surface area contributed by atoms with E-state index in [2.05, 4.69) is 0 Å². The molecule has 0 spiro atoms. The van der Waals surface area contributed by atoms with Crippen molar-refractivity contribution in [1.29, 1.82) is 0 Å². The van der Waals surface area contributed by atoms with Crippen molar-refractivity contribution >= 4 is 5.97 Å². The number of esters is 1. The van der Waals surface area contributed by atoms with Crippen molar-refractivity contribution in [3.63, 3.8) is 0 Å². The van der Waals surface area contributed by atoms with Crippen LogP contribution in [-0.2, 0) is 22.6 Å². The van der Waals surface area contributed by atoms with Crippen molar-refractivity contribution in [2.45, 2.75) is 33.8 Å². The van der Waals surface area contributed by atoms with Gasteiger partial charge in [-0.3, -0.25) is 4.79 Å². The third-order valence-electron chi connectivity index (χ3n) is 2.60. The molecular formula is C13H18O3. The molecule has 0 aliphatic heterocycles. The monoisotopic (exact) mass is 222 g/mol. The van der Waals surface area contributed by atoms with Gasteiger partial charge >= 0.3 is 5.97 Å². The van der Waals surface area contributed by atoms with Gasteiger partial charge in [-0.05, 0) is 36.1 Å². The molecule has 0 aromatic heterocycles. The molecule has 0 unspecified atom stereocenters. The number of rotatable bonds is 4. The maximum Gasteiger partial charge on any atom is 0.302 e. The summed E-state index contributed by atoms with van der Waals surface area (Å²) in [5, 5.41) is 9.06. The summed E-state index contributed by atoms with van der Waals surface area (Å²) in [6.07, 6.45) is 0.725. The van der Waals surface area contributed by atoms with Crippen molar-refractivity contribution in [3.8, 4) is 0 Å². The lowest BCUT2D eigenvalue weighted by atomic mass is 9.97. The highest BCUT2D eigenvalue weighted by Crippen LogP contribution is 2.17. The van der Waals surface area contributed by atoms with Crippen molar-refractivity contribution in [2.75, 3.05) is 6.61 Å². The van der Waals surface area contributed by atoms with Crippen molar-refractivity contribution in [1.82, 2.24) is 0 Å². The van der Waals surface area contributed by atoms with Gasteiger partial charge in [-0.2, -0.15) is 0 Å². The molecule has 1 rings (SSSR count). The summed E-state index contributed by atoms with van der Waals surface area (Å²) in [6.45, 7) is 5.90. The van der Waals surface area contributed by atoms with Gasteiger partial charge in [-0.25, -0.2) is 0 Å². The summed E-state index contributed by atoms with van der Waals surface area (Å²) < 4.78 is 4.92. The Labute approximate surface area is 96.1 Å². The molecular weight excluding hydrogens is 204 g/mol. The average molecular weight is 222 g/mol. The molecule has 3 nitrogen and oxygen atoms in total. The summed E-state index contributed by atoms with van der Waals surface area (Å²) >= 11 is 0. The number of ether oxygens (including phenoxy) is 1. The molecule has 0 fully saturated rings. The Balaban J connectivity index is 2.76. The molecule has 0 saturated heterocycles. The van der Waals surface area contributed by atoms with E-state index in [0.29, 0.717) is 6.61 Å². The number of hydrogen-bond acceptors (Lipinski definition) is 3. The van der Waals surface area contributed by atoms with E-state index in [4.69, 9.17) is 9.84 Å². The molecule has 16 heavy (non-hydrogen) atoms. The van der Waals surface area contributed by atoms with Crippen LogP contribution in [0, 0.1) is 13.8 Å². The van der Waals surface area contributed by atoms with Gasteiger partial charge in [0.1, 0.15) is 0 Å². The average Bonchev–Trinajstić information content (AvgIpc) is 2.21. The number of aryl methyl sites for hydroxylation is 2. The predicted octanol–water partition coefficient (Wildman–Crippen LogP) is 1.90. The molecule has 0 saturated carbocycles. The van der Waals surface area contributed by atoms with Crippen LogP contribution in [0.3, 0.4) is 0 Å². The molecule has 1 aromatic carbocycles. The predicted molar refractivity (Wildman–Crippen MR) is 62.2 cm³/mol. The Morgan fingerprint density at radius 1 is 1.31 bits per heavy atom. The van der Waals surface area contributed by atoms with Crippen LogP contribution >= 0.6 is 0 Å². The maximum atomic E-state index is 10.6. The van der Waals surface area contributed by atoms with E-state index in [1.165, 1.54) is 12.5 Å². The second kappa shape index (κ2) is 5.66. The third-order valence-corrected chi connectivity index (χ3v) is 2.60. The molecule has 0 heterocycles. The number of aliphatic hydroxyl groups is 1. The van der Waals surface area contributed by atoms with E-state index >= 15 is 0 Å². The Morgan fingerprint density at radius 3 is 2.31 bits per heavy atom. The van der Waals surface area contributed by atoms with Gasteiger partial charge in [0.2, 0.25) is 0 Å². The lowest BCUT2D eigenvalue weighted by molar-refractivity contribution is -0.140. The van der Waals surface area contributed by atoms with Gasteiger partial charge in [-0.1, -0.05) is 12.1 Å². The molecule has 1 aromatic rings. The summed E-state index contributed by atoms with van der Waals surface area (Å²) in [5.41, 5.74) is 4.39. The van der Waals surface area contributed by atoms with E-state index < -0.39 is 0 Å². The zero-order chi connectivity index (χ0) is 12.1. The summed E-state index contributed by atoms with van der Waals surface area (Å²) in [5.74, 6) is -0.248. The normalized spacial score (nSPS) is 10.2. The number of hydrogen-bond donors (Lipinski definition) is 1. The molecule has 0 radical (unpaired) electrons. The van der Waals surface area contributed by atoms with E-state index in [-0.39, 0.29) is 12.6 Å². The molecule has 0 aliphatic rings. The first-order chi connectivity index (χ1) is 7.54. The van der Waals surface area contributed by atoms with E-state index in [1.807, 2.05) is 26.0 Å². The van der Waals surface area contributed by atoms with Crippen LogP contribution in [0.2, 0.25) is 0 Å². The highest BCUT2D eigenvalue weighted by Gasteiger charge is 2.05. The minimum atomic E-state index is -0.248. The van der Waals surface area contributed by atoms with E-state index in [9.17, 15) is 4.79 Å². The molecule has 1 N–H and O–H groups in total. The van der Waals surface area contributed by atoms with Gasteiger partial charge in [0.25, 0.3) is 0 Å². The van der Waals surface area contributed by atoms with Crippen molar-refractivity contribution in [2.24, 2.45) is 0 Å². The smallest absolute Gasteiger partial charge is 0.302 e.